The maximum absolute atomic E-state index is 13.8. The molecule has 0 bridgehead atoms. The highest BCUT2D eigenvalue weighted by Gasteiger charge is 2.27. The number of ether oxygens (including phenoxy) is 2. The molecule has 1 aromatic carbocycles. The Morgan fingerprint density at radius 3 is 2.75 bits per heavy atom. The van der Waals surface area contributed by atoms with Crippen molar-refractivity contribution >= 4 is 0 Å². The molecule has 0 amide bonds. The summed E-state index contributed by atoms with van der Waals surface area (Å²) in [4.78, 5) is 0. The highest BCUT2D eigenvalue weighted by Crippen LogP contribution is 2.43. The fourth-order valence-electron chi connectivity index (χ4n) is 2.25. The molecule has 0 aromatic heterocycles. The maximum Gasteiger partial charge on any atom is 0.166 e. The smallest absolute Gasteiger partial charge is 0.166 e. The third-order valence-electron chi connectivity index (χ3n) is 3.00. The van der Waals surface area contributed by atoms with Gasteiger partial charge in [0.1, 0.15) is 5.82 Å². The third-order valence-corrected chi connectivity index (χ3v) is 3.00. The quantitative estimate of drug-likeness (QED) is 0.840. The average Bonchev–Trinajstić information content (AvgIpc) is 2.29. The van der Waals surface area contributed by atoms with E-state index in [-0.39, 0.29) is 5.82 Å². The number of methoxy groups -OCH3 is 2. The lowest BCUT2D eigenvalue weighted by atomic mass is 9.88. The van der Waals surface area contributed by atoms with Crippen LogP contribution in [0, 0.1) is 5.82 Å². The predicted octanol–water partition coefficient (Wildman–Crippen LogP) is 2.21. The zero-order chi connectivity index (χ0) is 11.7. The Bertz CT molecular complexity index is 404. The van der Waals surface area contributed by atoms with E-state index in [1.54, 1.807) is 0 Å². The Hall–Kier alpha value is -1.29. The van der Waals surface area contributed by atoms with Crippen LogP contribution in [0.4, 0.5) is 4.39 Å². The second-order valence-corrected chi connectivity index (χ2v) is 3.89. The molecule has 1 atom stereocenters. The van der Waals surface area contributed by atoms with Crippen LogP contribution in [0.1, 0.15) is 30.1 Å². The lowest BCUT2D eigenvalue weighted by Crippen LogP contribution is -2.13. The standard InChI is InChI=1S/C12H15FO3/c1-15-10-6-8(13)7-4-3-5-9(14)11(7)12(10)16-2/h6,9,14H,3-5H2,1-2H3/t9-/m1/s1. The van der Waals surface area contributed by atoms with Crippen LogP contribution in [0.2, 0.25) is 0 Å². The molecule has 4 heteroatoms. The van der Waals surface area contributed by atoms with E-state index in [1.807, 2.05) is 0 Å². The molecule has 1 aromatic rings. The van der Waals surface area contributed by atoms with Crippen molar-refractivity contribution in [3.63, 3.8) is 0 Å². The molecule has 1 N–H and O–H groups in total. The Balaban J connectivity index is 2.65. The van der Waals surface area contributed by atoms with E-state index >= 15 is 0 Å². The molecule has 1 aliphatic carbocycles. The highest BCUT2D eigenvalue weighted by molar-refractivity contribution is 5.53. The minimum atomic E-state index is -0.664. The predicted molar refractivity (Wildman–Crippen MR) is 57.4 cm³/mol. The van der Waals surface area contributed by atoms with Crippen LogP contribution in [-0.4, -0.2) is 19.3 Å². The number of halogens is 1. The first-order valence-corrected chi connectivity index (χ1v) is 5.30. The zero-order valence-electron chi connectivity index (χ0n) is 9.42. The first kappa shape index (κ1) is 11.2. The maximum atomic E-state index is 13.8. The van der Waals surface area contributed by atoms with Gasteiger partial charge in [0.2, 0.25) is 0 Å². The molecule has 0 unspecified atom stereocenters. The van der Waals surface area contributed by atoms with Crippen molar-refractivity contribution in [1.82, 2.24) is 0 Å². The molecule has 1 aliphatic rings. The summed E-state index contributed by atoms with van der Waals surface area (Å²) in [6, 6.07) is 1.32. The van der Waals surface area contributed by atoms with E-state index in [1.165, 1.54) is 20.3 Å². The van der Waals surface area contributed by atoms with Gasteiger partial charge in [-0.15, -0.1) is 0 Å². The van der Waals surface area contributed by atoms with E-state index in [0.717, 1.165) is 6.42 Å². The first-order chi connectivity index (χ1) is 7.69. The lowest BCUT2D eigenvalue weighted by Gasteiger charge is -2.25. The normalized spacial score (nSPS) is 19.1. The molecule has 88 valence electrons. The van der Waals surface area contributed by atoms with Crippen molar-refractivity contribution in [2.24, 2.45) is 0 Å². The highest BCUT2D eigenvalue weighted by atomic mass is 19.1. The van der Waals surface area contributed by atoms with Gasteiger partial charge in [0.25, 0.3) is 0 Å². The molecule has 0 radical (unpaired) electrons. The molecular weight excluding hydrogens is 211 g/mol. The molecule has 0 heterocycles. The van der Waals surface area contributed by atoms with Crippen molar-refractivity contribution in [2.45, 2.75) is 25.4 Å². The second-order valence-electron chi connectivity index (χ2n) is 3.89. The number of hydrogen-bond donors (Lipinski definition) is 1. The van der Waals surface area contributed by atoms with Crippen molar-refractivity contribution in [3.8, 4) is 11.5 Å². The summed E-state index contributed by atoms with van der Waals surface area (Å²) >= 11 is 0. The monoisotopic (exact) mass is 226 g/mol. The van der Waals surface area contributed by atoms with Gasteiger partial charge in [-0.3, -0.25) is 0 Å². The van der Waals surface area contributed by atoms with Gasteiger partial charge in [-0.25, -0.2) is 4.39 Å². The minimum absolute atomic E-state index is 0.327. The Kier molecular flexibility index (Phi) is 3.01. The van der Waals surface area contributed by atoms with Gasteiger partial charge in [-0.05, 0) is 24.8 Å². The van der Waals surface area contributed by atoms with E-state index in [0.29, 0.717) is 35.5 Å². The van der Waals surface area contributed by atoms with E-state index in [9.17, 15) is 9.50 Å². The number of aliphatic hydroxyl groups excluding tert-OH is 1. The number of benzene rings is 1. The molecule has 3 nitrogen and oxygen atoms in total. The molecule has 0 fully saturated rings. The van der Waals surface area contributed by atoms with Crippen molar-refractivity contribution < 1.29 is 19.0 Å². The van der Waals surface area contributed by atoms with Crippen LogP contribution >= 0.6 is 0 Å². The third kappa shape index (κ3) is 1.63. The van der Waals surface area contributed by atoms with Gasteiger partial charge in [-0.2, -0.15) is 0 Å². The molecule has 16 heavy (non-hydrogen) atoms. The van der Waals surface area contributed by atoms with Gasteiger partial charge < -0.3 is 14.6 Å². The fraction of sp³-hybridized carbons (Fsp3) is 0.500. The molecule has 2 rings (SSSR count). The van der Waals surface area contributed by atoms with Crippen LogP contribution in [0.25, 0.3) is 0 Å². The van der Waals surface area contributed by atoms with E-state index < -0.39 is 6.10 Å². The topological polar surface area (TPSA) is 38.7 Å². The zero-order valence-corrected chi connectivity index (χ0v) is 9.42. The van der Waals surface area contributed by atoms with Crippen molar-refractivity contribution in [3.05, 3.63) is 23.0 Å². The van der Waals surface area contributed by atoms with Gasteiger partial charge in [0.15, 0.2) is 11.5 Å². The molecule has 0 spiro atoms. The second kappa shape index (κ2) is 4.29. The molecule has 0 saturated heterocycles. The van der Waals surface area contributed by atoms with Crippen molar-refractivity contribution in [2.75, 3.05) is 14.2 Å². The Labute approximate surface area is 93.8 Å². The molecule has 0 aliphatic heterocycles. The minimum Gasteiger partial charge on any atom is -0.493 e. The largest absolute Gasteiger partial charge is 0.493 e. The summed E-state index contributed by atoms with van der Waals surface area (Å²) in [6.07, 6.45) is 1.40. The first-order valence-electron chi connectivity index (χ1n) is 5.30. The Morgan fingerprint density at radius 1 is 1.38 bits per heavy atom. The number of aliphatic hydroxyl groups is 1. The van der Waals surface area contributed by atoms with Crippen LogP contribution in [0.3, 0.4) is 0 Å². The average molecular weight is 226 g/mol. The van der Waals surface area contributed by atoms with E-state index in [2.05, 4.69) is 0 Å². The summed E-state index contributed by atoms with van der Waals surface area (Å²) in [5.41, 5.74) is 1.10. The number of rotatable bonds is 2. The van der Waals surface area contributed by atoms with Crippen molar-refractivity contribution in [1.29, 1.82) is 0 Å². The van der Waals surface area contributed by atoms with Crippen LogP contribution in [-0.2, 0) is 6.42 Å². The van der Waals surface area contributed by atoms with Gasteiger partial charge in [-0.1, -0.05) is 0 Å². The van der Waals surface area contributed by atoms with E-state index in [4.69, 9.17) is 9.47 Å². The fourth-order valence-corrected chi connectivity index (χ4v) is 2.25. The van der Waals surface area contributed by atoms with Crippen LogP contribution < -0.4 is 9.47 Å². The van der Waals surface area contributed by atoms with Crippen LogP contribution in [0.15, 0.2) is 6.07 Å². The number of hydrogen-bond acceptors (Lipinski definition) is 3. The summed E-state index contributed by atoms with van der Waals surface area (Å²) in [5.74, 6) is 0.456. The van der Waals surface area contributed by atoms with Gasteiger partial charge in [0.05, 0.1) is 20.3 Å². The summed E-state index contributed by atoms with van der Waals surface area (Å²) in [6.45, 7) is 0. The van der Waals surface area contributed by atoms with Gasteiger partial charge >= 0.3 is 0 Å². The summed E-state index contributed by atoms with van der Waals surface area (Å²) in [5, 5.41) is 9.92. The lowest BCUT2D eigenvalue weighted by molar-refractivity contribution is 0.150. The van der Waals surface area contributed by atoms with Gasteiger partial charge in [0, 0.05) is 11.6 Å². The molecule has 0 saturated carbocycles. The molecular formula is C12H15FO3. The Morgan fingerprint density at radius 2 is 2.12 bits per heavy atom. The SMILES string of the molecule is COc1cc(F)c2c(c1OC)[C@H](O)CCC2. The summed E-state index contributed by atoms with van der Waals surface area (Å²) in [7, 11) is 2.95. The summed E-state index contributed by atoms with van der Waals surface area (Å²) < 4.78 is 24.0. The number of fused-ring (bicyclic) bond motifs is 1. The van der Waals surface area contributed by atoms with Crippen LogP contribution in [0.5, 0.6) is 11.5 Å².